The maximum absolute atomic E-state index is 13.5. The Morgan fingerprint density at radius 2 is 1.47 bits per heavy atom. The van der Waals surface area contributed by atoms with Gasteiger partial charge < -0.3 is 14.0 Å². The number of hydrogen-bond acceptors (Lipinski definition) is 7. The zero-order valence-corrected chi connectivity index (χ0v) is 18.6. The number of carbonyl (C=O) groups excluding carboxylic acids is 2. The fraction of sp³-hybridized carbons (Fsp3) is 0.579. The molecule has 1 unspecified atom stereocenters. The third-order valence-corrected chi connectivity index (χ3v) is 5.64. The number of esters is 2. The molecule has 1 atom stereocenters. The maximum Gasteiger partial charge on any atom is 0.432 e. The quantitative estimate of drug-likeness (QED) is 0.307. The van der Waals surface area contributed by atoms with E-state index in [9.17, 15) is 44.5 Å². The third kappa shape index (κ3) is 6.15. The average Bonchev–Trinajstić information content (AvgIpc) is 2.63. The Balaban J connectivity index is 3.14. The van der Waals surface area contributed by atoms with Gasteiger partial charge in [0.15, 0.2) is 10.1 Å². The number of rotatable bonds is 8. The fourth-order valence-corrected chi connectivity index (χ4v) is 2.66. The van der Waals surface area contributed by atoms with E-state index in [1.54, 1.807) is 20.8 Å². The highest BCUT2D eigenvalue weighted by molar-refractivity contribution is 7.86. The molecule has 182 valence electrons. The lowest BCUT2D eigenvalue weighted by atomic mass is 9.89. The summed E-state index contributed by atoms with van der Waals surface area (Å²) in [5.41, 5.74) is -2.34. The van der Waals surface area contributed by atoms with Crippen LogP contribution in [0.2, 0.25) is 0 Å². The molecule has 0 heterocycles. The van der Waals surface area contributed by atoms with Crippen LogP contribution in [0.1, 0.15) is 57.0 Å². The Hall–Kier alpha value is -2.28. The highest BCUT2D eigenvalue weighted by atomic mass is 32.2. The molecular formula is C19H22F5O7S-. The van der Waals surface area contributed by atoms with Crippen molar-refractivity contribution < 1.29 is 54.0 Å². The molecule has 13 heteroatoms. The van der Waals surface area contributed by atoms with Crippen LogP contribution in [-0.2, 0) is 30.0 Å². The van der Waals surface area contributed by atoms with Gasteiger partial charge in [-0.05, 0) is 51.8 Å². The van der Waals surface area contributed by atoms with Gasteiger partial charge >= 0.3 is 23.4 Å². The lowest BCUT2D eigenvalue weighted by Gasteiger charge is -2.31. The molecule has 0 amide bonds. The second-order valence-corrected chi connectivity index (χ2v) is 9.51. The Morgan fingerprint density at radius 1 is 1.00 bits per heavy atom. The van der Waals surface area contributed by atoms with Crippen molar-refractivity contribution in [3.05, 3.63) is 35.4 Å². The van der Waals surface area contributed by atoms with Crippen molar-refractivity contribution in [2.24, 2.45) is 5.41 Å². The molecule has 0 aliphatic heterocycles. The number of benzene rings is 1. The lowest BCUT2D eigenvalue weighted by Crippen LogP contribution is -2.52. The van der Waals surface area contributed by atoms with Crippen LogP contribution in [0, 0.1) is 5.41 Å². The van der Waals surface area contributed by atoms with Crippen molar-refractivity contribution in [1.82, 2.24) is 0 Å². The number of halogens is 5. The van der Waals surface area contributed by atoms with E-state index in [1.807, 2.05) is 0 Å². The molecule has 1 rings (SSSR count). The molecule has 0 radical (unpaired) electrons. The van der Waals surface area contributed by atoms with Gasteiger partial charge in [0.1, 0.15) is 5.60 Å². The molecule has 0 fully saturated rings. The van der Waals surface area contributed by atoms with Crippen LogP contribution in [-0.4, -0.2) is 42.4 Å². The molecule has 0 saturated carbocycles. The first-order valence-corrected chi connectivity index (χ1v) is 10.5. The molecule has 0 aliphatic rings. The summed E-state index contributed by atoms with van der Waals surface area (Å²) < 4.78 is 106. The molecule has 0 aromatic heterocycles. The van der Waals surface area contributed by atoms with E-state index in [-0.39, 0.29) is 0 Å². The SMILES string of the molecule is CCC(C)(C)C(=O)OC(C)(C)c1ccc(C(=O)OC(C(F)(F)F)C(F)(F)S(=O)(=O)[O-])cc1. The minimum atomic E-state index is -6.79. The molecule has 0 aliphatic carbocycles. The Bertz CT molecular complexity index is 951. The monoisotopic (exact) mass is 489 g/mol. The van der Waals surface area contributed by atoms with Gasteiger partial charge in [-0.3, -0.25) is 4.79 Å². The van der Waals surface area contributed by atoms with Crippen molar-refractivity contribution >= 4 is 22.1 Å². The second kappa shape index (κ2) is 8.93. The van der Waals surface area contributed by atoms with Gasteiger partial charge in [0, 0.05) is 0 Å². The predicted octanol–water partition coefficient (Wildman–Crippen LogP) is 4.13. The summed E-state index contributed by atoms with van der Waals surface area (Å²) >= 11 is 0. The third-order valence-electron chi connectivity index (χ3n) is 4.76. The van der Waals surface area contributed by atoms with Crippen molar-refractivity contribution in [1.29, 1.82) is 0 Å². The van der Waals surface area contributed by atoms with Crippen LogP contribution in [0.25, 0.3) is 0 Å². The summed E-state index contributed by atoms with van der Waals surface area (Å²) in [6.45, 7) is 8.15. The van der Waals surface area contributed by atoms with Gasteiger partial charge in [0.05, 0.1) is 11.0 Å². The highest BCUT2D eigenvalue weighted by Gasteiger charge is 2.63. The zero-order valence-electron chi connectivity index (χ0n) is 17.7. The van der Waals surface area contributed by atoms with E-state index in [4.69, 9.17) is 4.74 Å². The van der Waals surface area contributed by atoms with E-state index in [0.717, 1.165) is 12.1 Å². The van der Waals surface area contributed by atoms with Crippen molar-refractivity contribution in [2.75, 3.05) is 0 Å². The topological polar surface area (TPSA) is 110 Å². The summed E-state index contributed by atoms with van der Waals surface area (Å²) in [7, 11) is -6.79. The van der Waals surface area contributed by atoms with Crippen LogP contribution in [0.4, 0.5) is 22.0 Å². The van der Waals surface area contributed by atoms with E-state index in [1.165, 1.54) is 26.0 Å². The van der Waals surface area contributed by atoms with Crippen LogP contribution in [0.5, 0.6) is 0 Å². The Kier molecular flexibility index (Phi) is 7.74. The van der Waals surface area contributed by atoms with E-state index >= 15 is 0 Å². The number of ether oxygens (including phenoxy) is 2. The summed E-state index contributed by atoms with van der Waals surface area (Å²) in [4.78, 5) is 24.2. The number of alkyl halides is 5. The predicted molar refractivity (Wildman–Crippen MR) is 99.5 cm³/mol. The van der Waals surface area contributed by atoms with Gasteiger partial charge in [0.2, 0.25) is 0 Å². The van der Waals surface area contributed by atoms with Crippen molar-refractivity contribution in [3.8, 4) is 0 Å². The summed E-state index contributed by atoms with van der Waals surface area (Å²) in [6.07, 6.45) is -10.1. The standard InChI is InChI=1S/C19H23F5O7S/c1-6-16(2,3)15(26)31-17(4,5)12-9-7-11(8-10-12)13(25)30-14(18(20,21)22)19(23,24)32(27,28)29/h7-10,14H,6H2,1-5H3,(H,27,28,29)/p-1. The van der Waals surface area contributed by atoms with Crippen LogP contribution in [0.15, 0.2) is 24.3 Å². The Labute approximate surface area is 181 Å². The van der Waals surface area contributed by atoms with E-state index in [2.05, 4.69) is 4.74 Å². The van der Waals surface area contributed by atoms with Crippen LogP contribution < -0.4 is 0 Å². The first-order chi connectivity index (χ1) is 14.2. The number of carbonyl (C=O) groups is 2. The van der Waals surface area contributed by atoms with Crippen molar-refractivity contribution in [3.63, 3.8) is 0 Å². The van der Waals surface area contributed by atoms with Gasteiger partial charge in [0.25, 0.3) is 6.10 Å². The largest absolute Gasteiger partial charge is 0.743 e. The molecule has 32 heavy (non-hydrogen) atoms. The zero-order chi connectivity index (χ0) is 25.3. The molecule has 7 nitrogen and oxygen atoms in total. The molecule has 1 aromatic rings. The minimum absolute atomic E-state index is 0.314. The first-order valence-electron chi connectivity index (χ1n) is 9.11. The number of hydrogen-bond donors (Lipinski definition) is 0. The maximum atomic E-state index is 13.5. The van der Waals surface area contributed by atoms with Crippen molar-refractivity contribution in [2.45, 2.75) is 64.2 Å². The van der Waals surface area contributed by atoms with Crippen LogP contribution in [0.3, 0.4) is 0 Å². The molecule has 0 N–H and O–H groups in total. The lowest BCUT2D eigenvalue weighted by molar-refractivity contribution is -0.248. The average molecular weight is 489 g/mol. The van der Waals surface area contributed by atoms with Crippen LogP contribution >= 0.6 is 0 Å². The first kappa shape index (κ1) is 27.8. The normalized spacial score (nSPS) is 14.6. The molecule has 1 aromatic carbocycles. The fourth-order valence-electron chi connectivity index (χ4n) is 2.21. The smallest absolute Gasteiger partial charge is 0.432 e. The van der Waals surface area contributed by atoms with Gasteiger partial charge in [-0.2, -0.15) is 22.0 Å². The van der Waals surface area contributed by atoms with E-state index in [0.29, 0.717) is 12.0 Å². The molecule has 0 bridgehead atoms. The van der Waals surface area contributed by atoms with Gasteiger partial charge in [-0.25, -0.2) is 13.2 Å². The van der Waals surface area contributed by atoms with Gasteiger partial charge in [-0.1, -0.05) is 19.1 Å². The highest BCUT2D eigenvalue weighted by Crippen LogP contribution is 2.38. The second-order valence-electron chi connectivity index (χ2n) is 8.06. The summed E-state index contributed by atoms with van der Waals surface area (Å²) in [5, 5.41) is -5.94. The van der Waals surface area contributed by atoms with Gasteiger partial charge in [-0.15, -0.1) is 0 Å². The molecule has 0 spiro atoms. The Morgan fingerprint density at radius 3 is 1.84 bits per heavy atom. The van der Waals surface area contributed by atoms with E-state index < -0.39 is 56.2 Å². The molecular weight excluding hydrogens is 467 g/mol. The minimum Gasteiger partial charge on any atom is -0.743 e. The summed E-state index contributed by atoms with van der Waals surface area (Å²) in [6, 6.07) is 4.20. The molecule has 0 saturated heterocycles. The summed E-state index contributed by atoms with van der Waals surface area (Å²) in [5.74, 6) is -2.47.